The molecule has 0 spiro atoms. The summed E-state index contributed by atoms with van der Waals surface area (Å²) in [5, 5.41) is 7.95. The number of amides is 1. The molecule has 0 unspecified atom stereocenters. The number of nitrogens with zero attached hydrogens (tertiary/aromatic N) is 4. The molecule has 5 rings (SSSR count). The zero-order valence-corrected chi connectivity index (χ0v) is 19.4. The molecule has 2 aliphatic rings. The number of aromatic nitrogens is 2. The Morgan fingerprint density at radius 2 is 1.82 bits per heavy atom. The predicted octanol–water partition coefficient (Wildman–Crippen LogP) is 3.45. The highest BCUT2D eigenvalue weighted by Crippen LogP contribution is 2.32. The summed E-state index contributed by atoms with van der Waals surface area (Å²) >= 11 is 0. The van der Waals surface area contributed by atoms with Crippen LogP contribution in [-0.4, -0.2) is 67.0 Å². The Balaban J connectivity index is 1.40. The van der Waals surface area contributed by atoms with Crippen molar-refractivity contribution in [1.29, 1.82) is 0 Å². The number of benzene rings is 2. The summed E-state index contributed by atoms with van der Waals surface area (Å²) in [4.78, 5) is 17.8. The highest BCUT2D eigenvalue weighted by Gasteiger charge is 2.31. The van der Waals surface area contributed by atoms with Crippen LogP contribution in [-0.2, 0) is 0 Å². The van der Waals surface area contributed by atoms with Crippen LogP contribution in [0.15, 0.2) is 54.7 Å². The smallest absolute Gasteiger partial charge is 0.257 e. The van der Waals surface area contributed by atoms with Crippen LogP contribution in [0, 0.1) is 5.82 Å². The fraction of sp³-hybridized carbons (Fsp3) is 0.385. The van der Waals surface area contributed by atoms with Crippen LogP contribution in [0.1, 0.15) is 34.8 Å². The number of anilines is 1. The second kappa shape index (κ2) is 9.85. The molecule has 0 bridgehead atoms. The van der Waals surface area contributed by atoms with Crippen molar-refractivity contribution in [1.82, 2.24) is 20.0 Å². The first-order valence-corrected chi connectivity index (χ1v) is 11.9. The number of carbonyl (C=O) groups is 1. The van der Waals surface area contributed by atoms with E-state index in [1.807, 2.05) is 29.2 Å². The number of ether oxygens (including phenoxy) is 1. The Bertz CT molecular complexity index is 1150. The lowest BCUT2D eigenvalue weighted by Gasteiger charge is -2.37. The average Bonchev–Trinajstić information content (AvgIpc) is 3.34. The average molecular weight is 464 g/mol. The van der Waals surface area contributed by atoms with Gasteiger partial charge in [0.25, 0.3) is 5.91 Å². The normalized spacial score (nSPS) is 17.1. The van der Waals surface area contributed by atoms with Crippen molar-refractivity contribution in [3.63, 3.8) is 0 Å². The number of nitrogens with one attached hydrogen (secondary N) is 1. The number of methoxy groups -OCH3 is 1. The molecule has 1 aromatic heterocycles. The maximum Gasteiger partial charge on any atom is 0.257 e. The van der Waals surface area contributed by atoms with Gasteiger partial charge in [-0.3, -0.25) is 4.79 Å². The number of hydrogen-bond acceptors (Lipinski definition) is 5. The number of piperazine rings is 1. The highest BCUT2D eigenvalue weighted by atomic mass is 19.1. The van der Waals surface area contributed by atoms with Gasteiger partial charge < -0.3 is 19.9 Å². The van der Waals surface area contributed by atoms with E-state index in [-0.39, 0.29) is 17.6 Å². The van der Waals surface area contributed by atoms with Crippen molar-refractivity contribution in [3.05, 3.63) is 71.8 Å². The van der Waals surface area contributed by atoms with Crippen molar-refractivity contribution in [2.45, 2.75) is 18.8 Å². The molecule has 178 valence electrons. The van der Waals surface area contributed by atoms with E-state index in [2.05, 4.69) is 21.4 Å². The van der Waals surface area contributed by atoms with Crippen LogP contribution in [0.2, 0.25) is 0 Å². The van der Waals surface area contributed by atoms with Gasteiger partial charge in [0.05, 0.1) is 35.9 Å². The molecule has 3 heterocycles. The molecule has 7 nitrogen and oxygen atoms in total. The largest absolute Gasteiger partial charge is 0.495 e. The molecule has 2 aromatic carbocycles. The van der Waals surface area contributed by atoms with E-state index in [1.54, 1.807) is 24.1 Å². The summed E-state index contributed by atoms with van der Waals surface area (Å²) in [7, 11) is 1.68. The van der Waals surface area contributed by atoms with E-state index in [9.17, 15) is 9.18 Å². The summed E-state index contributed by atoms with van der Waals surface area (Å²) < 4.78 is 21.2. The monoisotopic (exact) mass is 463 g/mol. The minimum atomic E-state index is -0.315. The van der Waals surface area contributed by atoms with Crippen molar-refractivity contribution in [3.8, 4) is 11.4 Å². The quantitative estimate of drug-likeness (QED) is 0.628. The number of rotatable bonds is 5. The minimum absolute atomic E-state index is 0.00383. The van der Waals surface area contributed by atoms with Crippen molar-refractivity contribution in [2.24, 2.45) is 0 Å². The number of halogens is 1. The van der Waals surface area contributed by atoms with E-state index < -0.39 is 0 Å². The lowest BCUT2D eigenvalue weighted by molar-refractivity contribution is 0.0744. The van der Waals surface area contributed by atoms with E-state index in [1.165, 1.54) is 12.1 Å². The molecule has 1 amide bonds. The second-order valence-electron chi connectivity index (χ2n) is 8.81. The van der Waals surface area contributed by atoms with Crippen LogP contribution >= 0.6 is 0 Å². The second-order valence-corrected chi connectivity index (χ2v) is 8.81. The van der Waals surface area contributed by atoms with Gasteiger partial charge in [-0.25, -0.2) is 9.07 Å². The van der Waals surface area contributed by atoms with Crippen molar-refractivity contribution < 1.29 is 13.9 Å². The van der Waals surface area contributed by atoms with E-state index in [4.69, 9.17) is 4.74 Å². The highest BCUT2D eigenvalue weighted by molar-refractivity contribution is 5.95. The maximum atomic E-state index is 14.0. The first-order chi connectivity index (χ1) is 16.7. The molecule has 0 saturated carbocycles. The lowest BCUT2D eigenvalue weighted by atomic mass is 9.91. The van der Waals surface area contributed by atoms with Gasteiger partial charge in [-0.15, -0.1) is 0 Å². The molecule has 34 heavy (non-hydrogen) atoms. The van der Waals surface area contributed by atoms with Gasteiger partial charge in [-0.1, -0.05) is 18.2 Å². The Morgan fingerprint density at radius 1 is 1.06 bits per heavy atom. The molecular formula is C26H30FN5O2. The standard InChI is InChI=1S/C26H30FN5O2/c1-34-24-8-3-2-7-23(24)30-13-15-31(16-14-30)26(33)22-18-29-32(21-6-4-5-20(27)17-21)25(22)19-9-11-28-12-10-19/h2-8,17-19,28H,9-16H2,1H3. The Hall–Kier alpha value is -3.39. The molecule has 0 aliphatic carbocycles. The molecule has 3 aromatic rings. The topological polar surface area (TPSA) is 62.6 Å². The molecule has 0 radical (unpaired) electrons. The van der Waals surface area contributed by atoms with Crippen LogP contribution in [0.4, 0.5) is 10.1 Å². The molecular weight excluding hydrogens is 433 g/mol. The Labute approximate surface area is 199 Å². The van der Waals surface area contributed by atoms with Gasteiger partial charge in [-0.2, -0.15) is 5.10 Å². The Kier molecular flexibility index (Phi) is 6.49. The van der Waals surface area contributed by atoms with E-state index in [0.29, 0.717) is 24.3 Å². The number of hydrogen-bond donors (Lipinski definition) is 1. The van der Waals surface area contributed by atoms with Gasteiger partial charge in [0.2, 0.25) is 0 Å². The minimum Gasteiger partial charge on any atom is -0.495 e. The third-order valence-corrected chi connectivity index (χ3v) is 6.81. The summed E-state index contributed by atoms with van der Waals surface area (Å²) in [6, 6.07) is 14.4. The van der Waals surface area contributed by atoms with Gasteiger partial charge in [-0.05, 0) is 56.3 Å². The van der Waals surface area contributed by atoms with Gasteiger partial charge in [0, 0.05) is 32.1 Å². The number of piperidine rings is 1. The number of carbonyl (C=O) groups excluding carboxylic acids is 1. The fourth-order valence-electron chi connectivity index (χ4n) is 5.04. The van der Waals surface area contributed by atoms with Crippen LogP contribution in [0.3, 0.4) is 0 Å². The van der Waals surface area contributed by atoms with E-state index >= 15 is 0 Å². The molecule has 0 atom stereocenters. The lowest BCUT2D eigenvalue weighted by Crippen LogP contribution is -2.49. The van der Waals surface area contributed by atoms with Crippen LogP contribution in [0.25, 0.3) is 5.69 Å². The van der Waals surface area contributed by atoms with Gasteiger partial charge in [0.15, 0.2) is 0 Å². The summed E-state index contributed by atoms with van der Waals surface area (Å²) in [6.07, 6.45) is 3.50. The summed E-state index contributed by atoms with van der Waals surface area (Å²) in [5.41, 5.74) is 3.21. The molecule has 2 aliphatic heterocycles. The first kappa shape index (κ1) is 22.4. The van der Waals surface area contributed by atoms with E-state index in [0.717, 1.165) is 56.2 Å². The molecule has 2 fully saturated rings. The zero-order chi connectivity index (χ0) is 23.5. The third-order valence-electron chi connectivity index (χ3n) is 6.81. The van der Waals surface area contributed by atoms with Crippen molar-refractivity contribution in [2.75, 3.05) is 51.3 Å². The Morgan fingerprint density at radius 3 is 2.56 bits per heavy atom. The zero-order valence-electron chi connectivity index (χ0n) is 19.4. The molecule has 8 heteroatoms. The summed E-state index contributed by atoms with van der Waals surface area (Å²) in [6.45, 7) is 4.48. The molecule has 1 N–H and O–H groups in total. The van der Waals surface area contributed by atoms with Gasteiger partial charge in [0.1, 0.15) is 11.6 Å². The summed E-state index contributed by atoms with van der Waals surface area (Å²) in [5.74, 6) is 0.716. The van der Waals surface area contributed by atoms with Crippen LogP contribution < -0.4 is 15.0 Å². The number of para-hydroxylation sites is 2. The maximum absolute atomic E-state index is 14.0. The SMILES string of the molecule is COc1ccccc1N1CCN(C(=O)c2cnn(-c3cccc(F)c3)c2C2CCNCC2)CC1. The third kappa shape index (κ3) is 4.37. The molecule has 2 saturated heterocycles. The first-order valence-electron chi connectivity index (χ1n) is 11.9. The van der Waals surface area contributed by atoms with Gasteiger partial charge >= 0.3 is 0 Å². The van der Waals surface area contributed by atoms with Crippen LogP contribution in [0.5, 0.6) is 5.75 Å². The predicted molar refractivity (Wildman–Crippen MR) is 129 cm³/mol. The van der Waals surface area contributed by atoms with Crippen molar-refractivity contribution >= 4 is 11.6 Å². The fourth-order valence-corrected chi connectivity index (χ4v) is 5.04.